The summed E-state index contributed by atoms with van der Waals surface area (Å²) in [6, 6.07) is 2.97. The van der Waals surface area contributed by atoms with Crippen LogP contribution in [0.3, 0.4) is 0 Å². The van der Waals surface area contributed by atoms with Gasteiger partial charge in [-0.1, -0.05) is 6.07 Å². The maximum Gasteiger partial charge on any atom is 0.246 e. The smallest absolute Gasteiger partial charge is 0.246 e. The predicted molar refractivity (Wildman–Crippen MR) is 78.0 cm³/mol. The molecule has 1 aliphatic heterocycles. The molecule has 124 valence electrons. The molecule has 0 atom stereocenters. The first-order valence-corrected chi connectivity index (χ1v) is 8.49. The van der Waals surface area contributed by atoms with Gasteiger partial charge >= 0.3 is 0 Å². The Hall–Kier alpha value is -1.09. The van der Waals surface area contributed by atoms with Crippen molar-refractivity contribution < 1.29 is 21.9 Å². The van der Waals surface area contributed by atoms with Crippen LogP contribution < -0.4 is 4.72 Å². The summed E-state index contributed by atoms with van der Waals surface area (Å²) in [6.07, 6.45) is 0. The summed E-state index contributed by atoms with van der Waals surface area (Å²) in [5.41, 5.74) is -0.488. The number of morpholine rings is 1. The number of benzene rings is 1. The Morgan fingerprint density at radius 3 is 2.32 bits per heavy atom. The molecule has 1 aromatic rings. The summed E-state index contributed by atoms with van der Waals surface area (Å²) < 4.78 is 59.2. The van der Waals surface area contributed by atoms with Crippen LogP contribution in [-0.2, 0) is 14.8 Å². The average molecular weight is 334 g/mol. The lowest BCUT2D eigenvalue weighted by Crippen LogP contribution is -2.55. The normalized spacial score (nSPS) is 17.6. The van der Waals surface area contributed by atoms with Crippen LogP contribution in [0.5, 0.6) is 0 Å². The van der Waals surface area contributed by atoms with Crippen molar-refractivity contribution in [3.63, 3.8) is 0 Å². The second-order valence-corrected chi connectivity index (χ2v) is 7.49. The van der Waals surface area contributed by atoms with E-state index >= 15 is 0 Å². The molecule has 22 heavy (non-hydrogen) atoms. The summed E-state index contributed by atoms with van der Waals surface area (Å²) in [6.45, 7) is 6.32. The average Bonchev–Trinajstić information content (AvgIpc) is 2.46. The Labute approximate surface area is 129 Å². The second-order valence-electron chi connectivity index (χ2n) is 5.79. The van der Waals surface area contributed by atoms with E-state index in [4.69, 9.17) is 4.74 Å². The molecule has 0 spiro atoms. The van der Waals surface area contributed by atoms with Gasteiger partial charge in [0.1, 0.15) is 11.6 Å². The third-order valence-corrected chi connectivity index (χ3v) is 5.20. The maximum atomic E-state index is 13.6. The first kappa shape index (κ1) is 17.3. The molecule has 1 aromatic carbocycles. The van der Waals surface area contributed by atoms with Crippen LogP contribution in [0.4, 0.5) is 8.78 Å². The van der Waals surface area contributed by atoms with Crippen molar-refractivity contribution in [2.24, 2.45) is 0 Å². The highest BCUT2D eigenvalue weighted by molar-refractivity contribution is 7.89. The van der Waals surface area contributed by atoms with Gasteiger partial charge in [0, 0.05) is 25.2 Å². The molecule has 1 fully saturated rings. The topological polar surface area (TPSA) is 58.6 Å². The van der Waals surface area contributed by atoms with Gasteiger partial charge < -0.3 is 4.74 Å². The summed E-state index contributed by atoms with van der Waals surface area (Å²) in [4.78, 5) is 1.14. The largest absolute Gasteiger partial charge is 0.379 e. The minimum absolute atomic E-state index is 0.0447. The number of nitrogens with zero attached hydrogens (tertiary/aromatic N) is 1. The van der Waals surface area contributed by atoms with Gasteiger partial charge in [0.2, 0.25) is 10.0 Å². The summed E-state index contributed by atoms with van der Waals surface area (Å²) in [5.74, 6) is -2.20. The fraction of sp³-hybridized carbons (Fsp3) is 0.571. The lowest BCUT2D eigenvalue weighted by molar-refractivity contribution is -0.00804. The molecule has 2 rings (SSSR count). The van der Waals surface area contributed by atoms with E-state index in [9.17, 15) is 17.2 Å². The van der Waals surface area contributed by atoms with Crippen molar-refractivity contribution >= 4 is 10.0 Å². The highest BCUT2D eigenvalue weighted by Crippen LogP contribution is 2.20. The number of rotatable bonds is 5. The van der Waals surface area contributed by atoms with Crippen molar-refractivity contribution in [3.8, 4) is 0 Å². The molecule has 1 aliphatic rings. The minimum Gasteiger partial charge on any atom is -0.379 e. The van der Waals surface area contributed by atoms with Crippen molar-refractivity contribution in [1.82, 2.24) is 9.62 Å². The quantitative estimate of drug-likeness (QED) is 0.883. The number of halogens is 2. The zero-order chi connectivity index (χ0) is 16.4. The van der Waals surface area contributed by atoms with Gasteiger partial charge in [-0.3, -0.25) is 4.90 Å². The zero-order valence-corrected chi connectivity index (χ0v) is 13.4. The van der Waals surface area contributed by atoms with Crippen LogP contribution in [0.2, 0.25) is 0 Å². The van der Waals surface area contributed by atoms with E-state index in [1.807, 2.05) is 13.8 Å². The summed E-state index contributed by atoms with van der Waals surface area (Å²) in [5, 5.41) is 0. The molecule has 8 heteroatoms. The standard InChI is InChI=1S/C14H20F2N2O3S/c1-14(2,18-6-8-21-9-7-18)10-17-22(19,20)13-11(15)4-3-5-12(13)16/h3-5,17H,6-10H2,1-2H3. The van der Waals surface area contributed by atoms with Crippen LogP contribution in [0.15, 0.2) is 23.1 Å². The molecule has 1 N–H and O–H groups in total. The van der Waals surface area contributed by atoms with Crippen LogP contribution in [0.1, 0.15) is 13.8 Å². The van der Waals surface area contributed by atoms with Gasteiger partial charge in [0.05, 0.1) is 13.2 Å². The van der Waals surface area contributed by atoms with Crippen molar-refractivity contribution in [1.29, 1.82) is 0 Å². The third kappa shape index (κ3) is 3.81. The molecule has 0 radical (unpaired) electrons. The monoisotopic (exact) mass is 334 g/mol. The van der Waals surface area contributed by atoms with E-state index in [1.54, 1.807) is 0 Å². The van der Waals surface area contributed by atoms with E-state index in [0.717, 1.165) is 18.2 Å². The predicted octanol–water partition coefficient (Wildman–Crippen LogP) is 1.35. The third-order valence-electron chi connectivity index (χ3n) is 3.75. The number of sulfonamides is 1. The van der Waals surface area contributed by atoms with Crippen LogP contribution in [0, 0.1) is 11.6 Å². The molecule has 0 aromatic heterocycles. The van der Waals surface area contributed by atoms with Gasteiger partial charge in [-0.25, -0.2) is 21.9 Å². The Morgan fingerprint density at radius 2 is 1.77 bits per heavy atom. The Bertz CT molecular complexity index is 609. The van der Waals surface area contributed by atoms with E-state index in [-0.39, 0.29) is 6.54 Å². The molecule has 0 saturated carbocycles. The van der Waals surface area contributed by atoms with Crippen molar-refractivity contribution in [3.05, 3.63) is 29.8 Å². The second kappa shape index (κ2) is 6.57. The molecule has 1 heterocycles. The maximum absolute atomic E-state index is 13.6. The molecule has 5 nitrogen and oxygen atoms in total. The molecular formula is C14H20F2N2O3S. The van der Waals surface area contributed by atoms with Crippen molar-refractivity contribution in [2.45, 2.75) is 24.3 Å². The molecular weight excluding hydrogens is 314 g/mol. The van der Waals surface area contributed by atoms with Crippen LogP contribution in [0.25, 0.3) is 0 Å². The molecule has 0 aliphatic carbocycles. The fourth-order valence-corrected chi connectivity index (χ4v) is 3.70. The number of hydrogen-bond acceptors (Lipinski definition) is 4. The SMILES string of the molecule is CC(C)(CNS(=O)(=O)c1c(F)cccc1F)N1CCOCC1. The van der Waals surface area contributed by atoms with Gasteiger partial charge in [-0.2, -0.15) is 0 Å². The van der Waals surface area contributed by atoms with Gasteiger partial charge in [-0.05, 0) is 26.0 Å². The first-order valence-electron chi connectivity index (χ1n) is 7.00. The summed E-state index contributed by atoms with van der Waals surface area (Å²) in [7, 11) is -4.25. The lowest BCUT2D eigenvalue weighted by Gasteiger charge is -2.40. The van der Waals surface area contributed by atoms with E-state index in [1.165, 1.54) is 0 Å². The Balaban J connectivity index is 2.12. The molecule has 0 amide bonds. The van der Waals surface area contributed by atoms with Crippen LogP contribution >= 0.6 is 0 Å². The van der Waals surface area contributed by atoms with E-state index in [2.05, 4.69) is 9.62 Å². The van der Waals surface area contributed by atoms with Gasteiger partial charge in [0.25, 0.3) is 0 Å². The number of nitrogens with one attached hydrogen (secondary N) is 1. The Morgan fingerprint density at radius 1 is 1.23 bits per heavy atom. The zero-order valence-electron chi connectivity index (χ0n) is 12.6. The van der Waals surface area contributed by atoms with Crippen molar-refractivity contribution in [2.75, 3.05) is 32.8 Å². The highest BCUT2D eigenvalue weighted by Gasteiger charge is 2.31. The minimum atomic E-state index is -4.25. The number of ether oxygens (including phenoxy) is 1. The van der Waals surface area contributed by atoms with Gasteiger partial charge in [-0.15, -0.1) is 0 Å². The van der Waals surface area contributed by atoms with Gasteiger partial charge in [0.15, 0.2) is 4.90 Å². The first-order chi connectivity index (χ1) is 10.2. The Kier molecular flexibility index (Phi) is 5.16. The van der Waals surface area contributed by atoms with Crippen LogP contribution in [-0.4, -0.2) is 51.7 Å². The lowest BCUT2D eigenvalue weighted by atomic mass is 10.0. The van der Waals surface area contributed by atoms with E-state index in [0.29, 0.717) is 26.3 Å². The molecule has 0 bridgehead atoms. The molecule has 1 saturated heterocycles. The molecule has 0 unspecified atom stereocenters. The number of hydrogen-bond donors (Lipinski definition) is 1. The summed E-state index contributed by atoms with van der Waals surface area (Å²) >= 11 is 0. The van der Waals surface area contributed by atoms with E-state index < -0.39 is 32.1 Å². The highest BCUT2D eigenvalue weighted by atomic mass is 32.2. The fourth-order valence-electron chi connectivity index (χ4n) is 2.36.